The van der Waals surface area contributed by atoms with Gasteiger partial charge in [-0.1, -0.05) is 17.7 Å². The average molecular weight is 223 g/mol. The number of aliphatic hydroxyl groups excluding tert-OH is 1. The van der Waals surface area contributed by atoms with Crippen LogP contribution in [0.1, 0.15) is 18.6 Å². The molecule has 78 valence electrons. The lowest BCUT2D eigenvalue weighted by molar-refractivity contribution is -0.0498. The Labute approximate surface area is 85.1 Å². The van der Waals surface area contributed by atoms with Crippen LogP contribution >= 0.6 is 11.6 Å². The van der Waals surface area contributed by atoms with Gasteiger partial charge in [0, 0.05) is 0 Å². The molecule has 1 N–H and O–H groups in total. The van der Waals surface area contributed by atoms with E-state index in [1.165, 1.54) is 18.2 Å². The van der Waals surface area contributed by atoms with Crippen LogP contribution < -0.4 is 4.74 Å². The number of halogens is 3. The topological polar surface area (TPSA) is 29.5 Å². The van der Waals surface area contributed by atoms with Gasteiger partial charge in [-0.05, 0) is 24.6 Å². The van der Waals surface area contributed by atoms with Gasteiger partial charge < -0.3 is 9.84 Å². The van der Waals surface area contributed by atoms with Gasteiger partial charge in [-0.3, -0.25) is 0 Å². The van der Waals surface area contributed by atoms with E-state index in [4.69, 9.17) is 11.6 Å². The molecular formula is C9H9ClF2O2. The Morgan fingerprint density at radius 2 is 2.07 bits per heavy atom. The van der Waals surface area contributed by atoms with Gasteiger partial charge in [0.1, 0.15) is 5.75 Å². The van der Waals surface area contributed by atoms with Crippen molar-refractivity contribution in [3.63, 3.8) is 0 Å². The Morgan fingerprint density at radius 3 is 2.50 bits per heavy atom. The molecule has 1 rings (SSSR count). The van der Waals surface area contributed by atoms with Gasteiger partial charge in [-0.2, -0.15) is 8.78 Å². The van der Waals surface area contributed by atoms with E-state index in [1.807, 2.05) is 0 Å². The van der Waals surface area contributed by atoms with E-state index >= 15 is 0 Å². The minimum Gasteiger partial charge on any atom is -0.433 e. The van der Waals surface area contributed by atoms with Crippen molar-refractivity contribution in [3.05, 3.63) is 28.8 Å². The summed E-state index contributed by atoms with van der Waals surface area (Å²) in [5.41, 5.74) is 0.552. The molecule has 0 aliphatic rings. The first-order valence-corrected chi connectivity index (χ1v) is 4.31. The summed E-state index contributed by atoms with van der Waals surface area (Å²) in [5, 5.41) is 9.23. The fraction of sp³-hybridized carbons (Fsp3) is 0.333. The van der Waals surface area contributed by atoms with E-state index in [0.29, 0.717) is 5.56 Å². The number of aliphatic hydroxyl groups is 1. The molecule has 0 bridgehead atoms. The van der Waals surface area contributed by atoms with Gasteiger partial charge >= 0.3 is 6.61 Å². The lowest BCUT2D eigenvalue weighted by Crippen LogP contribution is -2.02. The van der Waals surface area contributed by atoms with Gasteiger partial charge in [0.25, 0.3) is 0 Å². The van der Waals surface area contributed by atoms with Crippen molar-refractivity contribution >= 4 is 11.6 Å². The molecule has 1 aromatic carbocycles. The van der Waals surface area contributed by atoms with Gasteiger partial charge in [0.15, 0.2) is 0 Å². The Bertz CT molecular complexity index is 316. The number of hydrogen-bond donors (Lipinski definition) is 1. The summed E-state index contributed by atoms with van der Waals surface area (Å²) in [6.07, 6.45) is -0.687. The van der Waals surface area contributed by atoms with E-state index in [2.05, 4.69) is 4.74 Å². The van der Waals surface area contributed by atoms with Crippen LogP contribution in [0.15, 0.2) is 18.2 Å². The molecule has 1 aromatic rings. The number of benzene rings is 1. The molecule has 0 aromatic heterocycles. The van der Waals surface area contributed by atoms with Crippen molar-refractivity contribution in [3.8, 4) is 5.75 Å². The second kappa shape index (κ2) is 4.57. The highest BCUT2D eigenvalue weighted by Crippen LogP contribution is 2.28. The summed E-state index contributed by atoms with van der Waals surface area (Å²) in [6, 6.07) is 4.18. The summed E-state index contributed by atoms with van der Waals surface area (Å²) in [7, 11) is 0. The summed E-state index contributed by atoms with van der Waals surface area (Å²) < 4.78 is 27.8. The molecule has 0 radical (unpaired) electrons. The van der Waals surface area contributed by atoms with Crippen molar-refractivity contribution in [1.82, 2.24) is 0 Å². The Morgan fingerprint density at radius 1 is 1.43 bits per heavy atom. The maximum atomic E-state index is 11.8. The highest BCUT2D eigenvalue weighted by molar-refractivity contribution is 6.32. The summed E-state index contributed by atoms with van der Waals surface area (Å²) in [5.74, 6) is -0.0916. The van der Waals surface area contributed by atoms with Crippen LogP contribution in [0.5, 0.6) is 5.75 Å². The monoisotopic (exact) mass is 222 g/mol. The van der Waals surface area contributed by atoms with E-state index < -0.39 is 12.7 Å². The predicted octanol–water partition coefficient (Wildman–Crippen LogP) is 2.99. The lowest BCUT2D eigenvalue weighted by atomic mass is 10.1. The second-order valence-electron chi connectivity index (χ2n) is 2.74. The van der Waals surface area contributed by atoms with E-state index in [1.54, 1.807) is 6.92 Å². The van der Waals surface area contributed by atoms with Crippen LogP contribution in [0.4, 0.5) is 8.78 Å². The molecule has 0 aliphatic carbocycles. The first-order valence-electron chi connectivity index (χ1n) is 3.93. The first kappa shape index (κ1) is 11.2. The molecule has 0 spiro atoms. The highest BCUT2D eigenvalue weighted by Gasteiger charge is 2.10. The molecule has 0 heterocycles. The fourth-order valence-electron chi connectivity index (χ4n) is 0.969. The third-order valence-electron chi connectivity index (χ3n) is 1.65. The zero-order chi connectivity index (χ0) is 10.7. The maximum Gasteiger partial charge on any atom is 0.387 e. The maximum absolute atomic E-state index is 11.8. The molecule has 14 heavy (non-hydrogen) atoms. The standard InChI is InChI=1S/C9H9ClF2O2/c1-5(13)6-2-3-8(7(10)4-6)14-9(11)12/h2-5,9,13H,1H3/t5-/m0/s1. The number of ether oxygens (including phenoxy) is 1. The third kappa shape index (κ3) is 2.82. The Balaban J connectivity index is 2.90. The van der Waals surface area contributed by atoms with E-state index in [9.17, 15) is 13.9 Å². The third-order valence-corrected chi connectivity index (χ3v) is 1.95. The highest BCUT2D eigenvalue weighted by atomic mass is 35.5. The molecule has 0 aliphatic heterocycles. The fourth-order valence-corrected chi connectivity index (χ4v) is 1.20. The van der Waals surface area contributed by atoms with Crippen LogP contribution in [0.3, 0.4) is 0 Å². The van der Waals surface area contributed by atoms with Crippen molar-refractivity contribution in [2.24, 2.45) is 0 Å². The van der Waals surface area contributed by atoms with Crippen molar-refractivity contribution in [2.45, 2.75) is 19.6 Å². The van der Waals surface area contributed by atoms with Crippen molar-refractivity contribution < 1.29 is 18.6 Å². The Hall–Kier alpha value is -0.870. The smallest absolute Gasteiger partial charge is 0.387 e. The van der Waals surface area contributed by atoms with Crippen LogP contribution in [-0.2, 0) is 0 Å². The lowest BCUT2D eigenvalue weighted by Gasteiger charge is -2.09. The quantitative estimate of drug-likeness (QED) is 0.852. The summed E-state index contributed by atoms with van der Waals surface area (Å²) in [4.78, 5) is 0. The number of alkyl halides is 2. The summed E-state index contributed by atoms with van der Waals surface area (Å²) in [6.45, 7) is -1.34. The SMILES string of the molecule is C[C@H](O)c1ccc(OC(F)F)c(Cl)c1. The normalized spacial score (nSPS) is 13.0. The molecule has 0 fully saturated rings. The summed E-state index contributed by atoms with van der Waals surface area (Å²) >= 11 is 5.65. The Kier molecular flexibility index (Phi) is 3.66. The average Bonchev–Trinajstić information content (AvgIpc) is 2.07. The number of rotatable bonds is 3. The van der Waals surface area contributed by atoms with Crippen molar-refractivity contribution in [1.29, 1.82) is 0 Å². The van der Waals surface area contributed by atoms with Gasteiger partial charge in [0.05, 0.1) is 11.1 Å². The van der Waals surface area contributed by atoms with Crippen molar-refractivity contribution in [2.75, 3.05) is 0 Å². The van der Waals surface area contributed by atoms with Gasteiger partial charge in [-0.15, -0.1) is 0 Å². The predicted molar refractivity (Wildman–Crippen MR) is 48.7 cm³/mol. The first-order chi connectivity index (χ1) is 6.50. The van der Waals surface area contributed by atoms with Crippen LogP contribution in [0.2, 0.25) is 5.02 Å². The minimum atomic E-state index is -2.90. The molecule has 2 nitrogen and oxygen atoms in total. The molecule has 0 amide bonds. The molecule has 0 saturated carbocycles. The molecule has 0 unspecified atom stereocenters. The van der Waals surface area contributed by atoms with Gasteiger partial charge in [0.2, 0.25) is 0 Å². The zero-order valence-corrected chi connectivity index (χ0v) is 8.13. The molecular weight excluding hydrogens is 214 g/mol. The van der Waals surface area contributed by atoms with Crippen LogP contribution in [0.25, 0.3) is 0 Å². The largest absolute Gasteiger partial charge is 0.433 e. The van der Waals surface area contributed by atoms with E-state index in [0.717, 1.165) is 0 Å². The van der Waals surface area contributed by atoms with E-state index in [-0.39, 0.29) is 10.8 Å². The molecule has 1 atom stereocenters. The van der Waals surface area contributed by atoms with Crippen LogP contribution in [0, 0.1) is 0 Å². The van der Waals surface area contributed by atoms with Gasteiger partial charge in [-0.25, -0.2) is 0 Å². The second-order valence-corrected chi connectivity index (χ2v) is 3.15. The van der Waals surface area contributed by atoms with Crippen LogP contribution in [-0.4, -0.2) is 11.7 Å². The molecule has 5 heteroatoms. The molecule has 0 saturated heterocycles. The number of hydrogen-bond acceptors (Lipinski definition) is 2. The minimum absolute atomic E-state index is 0.0590. The zero-order valence-electron chi connectivity index (χ0n) is 7.38.